The van der Waals surface area contributed by atoms with Crippen LogP contribution in [0, 0.1) is 5.92 Å². The fraction of sp³-hybridized carbons (Fsp3) is 0.417. The zero-order valence-corrected chi connectivity index (χ0v) is 10.2. The van der Waals surface area contributed by atoms with Gasteiger partial charge in [-0.3, -0.25) is 4.79 Å². The van der Waals surface area contributed by atoms with E-state index in [-0.39, 0.29) is 5.91 Å². The zero-order chi connectivity index (χ0) is 12.7. The summed E-state index contributed by atoms with van der Waals surface area (Å²) in [4.78, 5) is 19.8. The summed E-state index contributed by atoms with van der Waals surface area (Å²) >= 11 is 0. The van der Waals surface area contributed by atoms with Crippen molar-refractivity contribution in [2.24, 2.45) is 5.92 Å². The maximum Gasteiger partial charge on any atom is 0.270 e. The van der Waals surface area contributed by atoms with Crippen molar-refractivity contribution in [2.45, 2.75) is 13.8 Å². The van der Waals surface area contributed by atoms with Crippen molar-refractivity contribution in [1.29, 1.82) is 0 Å². The van der Waals surface area contributed by atoms with Gasteiger partial charge in [0.15, 0.2) is 0 Å². The molecule has 0 spiro atoms. The quantitative estimate of drug-likeness (QED) is 0.731. The number of nitrogens with one attached hydrogen (secondary N) is 2. The Labute approximate surface area is 101 Å². The van der Waals surface area contributed by atoms with Gasteiger partial charge < -0.3 is 10.6 Å². The molecule has 5 heteroatoms. The van der Waals surface area contributed by atoms with Crippen LogP contribution in [0.15, 0.2) is 24.9 Å². The highest BCUT2D eigenvalue weighted by atomic mass is 16.1. The smallest absolute Gasteiger partial charge is 0.270 e. The molecular formula is C12H18N4O. The van der Waals surface area contributed by atoms with Crippen molar-refractivity contribution in [3.8, 4) is 0 Å². The first-order valence-electron chi connectivity index (χ1n) is 5.59. The zero-order valence-electron chi connectivity index (χ0n) is 10.2. The van der Waals surface area contributed by atoms with Gasteiger partial charge in [0.25, 0.3) is 5.91 Å². The predicted molar refractivity (Wildman–Crippen MR) is 67.9 cm³/mol. The van der Waals surface area contributed by atoms with Gasteiger partial charge in [0.1, 0.15) is 5.69 Å². The summed E-state index contributed by atoms with van der Waals surface area (Å²) < 4.78 is 0. The van der Waals surface area contributed by atoms with E-state index < -0.39 is 0 Å². The lowest BCUT2D eigenvalue weighted by atomic mass is 10.2. The maximum atomic E-state index is 11.7. The molecule has 0 bridgehead atoms. The standard InChI is InChI=1S/C12H18N4O/c1-4-6-13-12-14-7-5-10(16-12)11(17)15-8-9(2)3/h4-5,7,9H,1,6,8H2,2-3H3,(H,15,17)(H,13,14,16). The summed E-state index contributed by atoms with van der Waals surface area (Å²) in [6, 6.07) is 1.59. The van der Waals surface area contributed by atoms with Crippen LogP contribution in [-0.4, -0.2) is 29.0 Å². The van der Waals surface area contributed by atoms with Gasteiger partial charge in [-0.25, -0.2) is 9.97 Å². The fourth-order valence-corrected chi connectivity index (χ4v) is 1.12. The second-order valence-electron chi connectivity index (χ2n) is 4.04. The van der Waals surface area contributed by atoms with E-state index in [1.807, 2.05) is 13.8 Å². The first kappa shape index (κ1) is 13.2. The molecule has 0 saturated carbocycles. The molecule has 1 amide bonds. The van der Waals surface area contributed by atoms with Crippen LogP contribution in [0.25, 0.3) is 0 Å². The molecule has 0 fully saturated rings. The third-order valence-electron chi connectivity index (χ3n) is 1.96. The second-order valence-corrected chi connectivity index (χ2v) is 4.04. The SMILES string of the molecule is C=CCNc1nccc(C(=O)NCC(C)C)n1. The molecule has 92 valence electrons. The number of carbonyl (C=O) groups is 1. The lowest BCUT2D eigenvalue weighted by Gasteiger charge is -2.07. The van der Waals surface area contributed by atoms with Crippen molar-refractivity contribution in [3.05, 3.63) is 30.6 Å². The molecule has 1 aromatic rings. The van der Waals surface area contributed by atoms with Gasteiger partial charge >= 0.3 is 0 Å². The highest BCUT2D eigenvalue weighted by molar-refractivity contribution is 5.92. The predicted octanol–water partition coefficient (Wildman–Crippen LogP) is 1.46. The van der Waals surface area contributed by atoms with Crippen molar-refractivity contribution in [3.63, 3.8) is 0 Å². The van der Waals surface area contributed by atoms with Crippen molar-refractivity contribution in [1.82, 2.24) is 15.3 Å². The molecule has 0 aromatic carbocycles. The molecule has 1 rings (SSSR count). The molecule has 2 N–H and O–H groups in total. The number of anilines is 1. The largest absolute Gasteiger partial charge is 0.351 e. The number of amides is 1. The molecule has 0 atom stereocenters. The molecule has 0 saturated heterocycles. The van der Waals surface area contributed by atoms with Crippen LogP contribution in [0.3, 0.4) is 0 Å². The third-order valence-corrected chi connectivity index (χ3v) is 1.96. The minimum atomic E-state index is -0.178. The summed E-state index contributed by atoms with van der Waals surface area (Å²) in [5.41, 5.74) is 0.368. The van der Waals surface area contributed by atoms with Crippen molar-refractivity contribution >= 4 is 11.9 Å². The van der Waals surface area contributed by atoms with Gasteiger partial charge in [0.2, 0.25) is 5.95 Å². The Kier molecular flexibility index (Phi) is 5.13. The van der Waals surface area contributed by atoms with Crippen LogP contribution in [0.2, 0.25) is 0 Å². The van der Waals surface area contributed by atoms with E-state index in [9.17, 15) is 4.79 Å². The Bertz CT molecular complexity index is 390. The maximum absolute atomic E-state index is 11.7. The highest BCUT2D eigenvalue weighted by Gasteiger charge is 2.08. The number of nitrogens with zero attached hydrogens (tertiary/aromatic N) is 2. The van der Waals surface area contributed by atoms with E-state index in [0.717, 1.165) is 0 Å². The molecule has 0 aliphatic rings. The van der Waals surface area contributed by atoms with Crippen LogP contribution < -0.4 is 10.6 Å². The monoisotopic (exact) mass is 234 g/mol. The van der Waals surface area contributed by atoms with Crippen LogP contribution in [-0.2, 0) is 0 Å². The molecule has 0 unspecified atom stereocenters. The van der Waals surface area contributed by atoms with Crippen molar-refractivity contribution < 1.29 is 4.79 Å². The van der Waals surface area contributed by atoms with Crippen LogP contribution >= 0.6 is 0 Å². The summed E-state index contributed by atoms with van der Waals surface area (Å²) in [6.45, 7) is 8.87. The van der Waals surface area contributed by atoms with Crippen LogP contribution in [0.4, 0.5) is 5.95 Å². The molecule has 17 heavy (non-hydrogen) atoms. The Morgan fingerprint density at radius 1 is 1.59 bits per heavy atom. The first-order chi connectivity index (χ1) is 8.13. The average Bonchev–Trinajstić information content (AvgIpc) is 2.33. The lowest BCUT2D eigenvalue weighted by molar-refractivity contribution is 0.0944. The summed E-state index contributed by atoms with van der Waals surface area (Å²) in [7, 11) is 0. The normalized spacial score (nSPS) is 10.1. The molecule has 0 aliphatic carbocycles. The topological polar surface area (TPSA) is 66.9 Å². The van der Waals surface area contributed by atoms with Gasteiger partial charge in [0, 0.05) is 19.3 Å². The van der Waals surface area contributed by atoms with E-state index in [1.54, 1.807) is 18.3 Å². The number of hydrogen-bond acceptors (Lipinski definition) is 4. The Balaban J connectivity index is 2.63. The summed E-state index contributed by atoms with van der Waals surface area (Å²) in [5, 5.41) is 5.74. The molecular weight excluding hydrogens is 216 g/mol. The minimum Gasteiger partial charge on any atom is -0.351 e. The lowest BCUT2D eigenvalue weighted by Crippen LogP contribution is -2.28. The van der Waals surface area contributed by atoms with Crippen LogP contribution in [0.1, 0.15) is 24.3 Å². The Morgan fingerprint density at radius 3 is 3.00 bits per heavy atom. The van der Waals surface area contributed by atoms with Gasteiger partial charge in [-0.1, -0.05) is 19.9 Å². The first-order valence-corrected chi connectivity index (χ1v) is 5.59. The summed E-state index contributed by atoms with van der Waals surface area (Å²) in [6.07, 6.45) is 3.26. The van der Waals surface area contributed by atoms with E-state index in [0.29, 0.717) is 30.6 Å². The Morgan fingerprint density at radius 2 is 2.35 bits per heavy atom. The van der Waals surface area contributed by atoms with E-state index in [4.69, 9.17) is 0 Å². The number of aromatic nitrogens is 2. The number of hydrogen-bond donors (Lipinski definition) is 2. The van der Waals surface area contributed by atoms with Gasteiger partial charge in [0.05, 0.1) is 0 Å². The average molecular weight is 234 g/mol. The van der Waals surface area contributed by atoms with Gasteiger partial charge in [-0.2, -0.15) is 0 Å². The number of carbonyl (C=O) groups excluding carboxylic acids is 1. The van der Waals surface area contributed by atoms with E-state index in [1.165, 1.54) is 0 Å². The van der Waals surface area contributed by atoms with E-state index >= 15 is 0 Å². The molecule has 0 radical (unpaired) electrons. The highest BCUT2D eigenvalue weighted by Crippen LogP contribution is 2.00. The van der Waals surface area contributed by atoms with Gasteiger partial charge in [-0.15, -0.1) is 6.58 Å². The fourth-order valence-electron chi connectivity index (χ4n) is 1.12. The molecule has 1 heterocycles. The minimum absolute atomic E-state index is 0.178. The summed E-state index contributed by atoms with van der Waals surface area (Å²) in [5.74, 6) is 0.670. The van der Waals surface area contributed by atoms with Gasteiger partial charge in [-0.05, 0) is 12.0 Å². The van der Waals surface area contributed by atoms with Crippen LogP contribution in [0.5, 0.6) is 0 Å². The second kappa shape index (κ2) is 6.62. The van der Waals surface area contributed by atoms with Crippen molar-refractivity contribution in [2.75, 3.05) is 18.4 Å². The molecule has 5 nitrogen and oxygen atoms in total. The van der Waals surface area contributed by atoms with E-state index in [2.05, 4.69) is 27.2 Å². The molecule has 0 aliphatic heterocycles. The third kappa shape index (κ3) is 4.63. The number of rotatable bonds is 6. The Hall–Kier alpha value is -1.91. The molecule has 1 aromatic heterocycles.